The van der Waals surface area contributed by atoms with Crippen LogP contribution < -0.4 is 0 Å². The molecule has 0 saturated heterocycles. The SMILES string of the molecule is CCCC1CCc2ccc(C=CC=O)cc21. The lowest BCUT2D eigenvalue weighted by Crippen LogP contribution is -1.92. The average Bonchev–Trinajstić information content (AvgIpc) is 2.70. The highest BCUT2D eigenvalue weighted by molar-refractivity contribution is 5.74. The van der Waals surface area contributed by atoms with Gasteiger partial charge in [-0.3, -0.25) is 4.79 Å². The van der Waals surface area contributed by atoms with Crippen molar-refractivity contribution in [2.45, 2.75) is 38.5 Å². The summed E-state index contributed by atoms with van der Waals surface area (Å²) in [5.41, 5.74) is 4.16. The normalized spacial score (nSPS) is 18.9. The van der Waals surface area contributed by atoms with E-state index in [1.165, 1.54) is 36.8 Å². The maximum absolute atomic E-state index is 10.3. The number of carbonyl (C=O) groups is 1. The molecule has 0 N–H and O–H groups in total. The van der Waals surface area contributed by atoms with Crippen LogP contribution in [0.15, 0.2) is 24.3 Å². The Kier molecular flexibility index (Phi) is 3.55. The molecule has 0 amide bonds. The first kappa shape index (κ1) is 11.1. The maximum atomic E-state index is 10.3. The summed E-state index contributed by atoms with van der Waals surface area (Å²) in [4.78, 5) is 10.3. The van der Waals surface area contributed by atoms with E-state index in [0.29, 0.717) is 0 Å². The fourth-order valence-corrected chi connectivity index (χ4v) is 2.61. The van der Waals surface area contributed by atoms with Gasteiger partial charge in [-0.15, -0.1) is 0 Å². The molecular weight excluding hydrogens is 196 g/mol. The van der Waals surface area contributed by atoms with Gasteiger partial charge in [0.25, 0.3) is 0 Å². The molecule has 1 nitrogen and oxygen atoms in total. The molecule has 1 heteroatoms. The predicted molar refractivity (Wildman–Crippen MR) is 67.5 cm³/mol. The van der Waals surface area contributed by atoms with E-state index in [2.05, 4.69) is 25.1 Å². The van der Waals surface area contributed by atoms with E-state index < -0.39 is 0 Å². The second kappa shape index (κ2) is 5.11. The van der Waals surface area contributed by atoms with Crippen LogP contribution in [0.5, 0.6) is 0 Å². The van der Waals surface area contributed by atoms with Gasteiger partial charge < -0.3 is 0 Å². The summed E-state index contributed by atoms with van der Waals surface area (Å²) >= 11 is 0. The Balaban J connectivity index is 2.26. The molecule has 0 heterocycles. The molecule has 84 valence electrons. The molecule has 1 aliphatic rings. The fraction of sp³-hybridized carbons (Fsp3) is 0.400. The Morgan fingerprint density at radius 2 is 2.31 bits per heavy atom. The van der Waals surface area contributed by atoms with E-state index in [1.54, 1.807) is 6.08 Å². The van der Waals surface area contributed by atoms with Crippen LogP contribution in [0, 0.1) is 0 Å². The zero-order valence-electron chi connectivity index (χ0n) is 9.78. The Labute approximate surface area is 97.2 Å². The molecule has 0 radical (unpaired) electrons. The molecular formula is C15H18O. The first-order valence-electron chi connectivity index (χ1n) is 6.09. The zero-order chi connectivity index (χ0) is 11.4. The van der Waals surface area contributed by atoms with E-state index in [9.17, 15) is 4.79 Å². The molecule has 16 heavy (non-hydrogen) atoms. The van der Waals surface area contributed by atoms with E-state index >= 15 is 0 Å². The van der Waals surface area contributed by atoms with Gasteiger partial charge in [0.1, 0.15) is 6.29 Å². The maximum Gasteiger partial charge on any atom is 0.142 e. The molecule has 1 aliphatic carbocycles. The Hall–Kier alpha value is -1.37. The number of carbonyl (C=O) groups excluding carboxylic acids is 1. The highest BCUT2D eigenvalue weighted by atomic mass is 16.1. The van der Waals surface area contributed by atoms with Crippen molar-refractivity contribution >= 4 is 12.4 Å². The van der Waals surface area contributed by atoms with Crippen LogP contribution >= 0.6 is 0 Å². The van der Waals surface area contributed by atoms with Crippen LogP contribution in [0.1, 0.15) is 48.8 Å². The van der Waals surface area contributed by atoms with Gasteiger partial charge in [0.2, 0.25) is 0 Å². The number of rotatable bonds is 4. The molecule has 0 spiro atoms. The number of fused-ring (bicyclic) bond motifs is 1. The summed E-state index contributed by atoms with van der Waals surface area (Å²) in [6.45, 7) is 2.24. The van der Waals surface area contributed by atoms with Gasteiger partial charge in [0.05, 0.1) is 0 Å². The van der Waals surface area contributed by atoms with Gasteiger partial charge in [-0.05, 0) is 47.9 Å². The number of hydrogen-bond acceptors (Lipinski definition) is 1. The van der Waals surface area contributed by atoms with E-state index in [-0.39, 0.29) is 0 Å². The fourth-order valence-electron chi connectivity index (χ4n) is 2.61. The van der Waals surface area contributed by atoms with E-state index in [1.807, 2.05) is 6.08 Å². The largest absolute Gasteiger partial charge is 0.299 e. The highest BCUT2D eigenvalue weighted by Gasteiger charge is 2.21. The van der Waals surface area contributed by atoms with Crippen molar-refractivity contribution in [3.63, 3.8) is 0 Å². The third-order valence-corrected chi connectivity index (χ3v) is 3.38. The van der Waals surface area contributed by atoms with Crippen LogP contribution in [-0.4, -0.2) is 6.29 Å². The third kappa shape index (κ3) is 2.24. The van der Waals surface area contributed by atoms with Crippen molar-refractivity contribution in [2.24, 2.45) is 0 Å². The number of hydrogen-bond donors (Lipinski definition) is 0. The molecule has 1 aromatic carbocycles. The van der Waals surface area contributed by atoms with Crippen LogP contribution in [0.25, 0.3) is 6.08 Å². The van der Waals surface area contributed by atoms with Gasteiger partial charge >= 0.3 is 0 Å². The van der Waals surface area contributed by atoms with Crippen LogP contribution in [-0.2, 0) is 11.2 Å². The summed E-state index contributed by atoms with van der Waals surface area (Å²) < 4.78 is 0. The van der Waals surface area contributed by atoms with Gasteiger partial charge in [0.15, 0.2) is 0 Å². The highest BCUT2D eigenvalue weighted by Crippen LogP contribution is 2.36. The van der Waals surface area contributed by atoms with Gasteiger partial charge in [-0.25, -0.2) is 0 Å². The van der Waals surface area contributed by atoms with E-state index in [0.717, 1.165) is 17.8 Å². The van der Waals surface area contributed by atoms with Crippen LogP contribution in [0.4, 0.5) is 0 Å². The van der Waals surface area contributed by atoms with Crippen molar-refractivity contribution in [3.8, 4) is 0 Å². The lowest BCUT2D eigenvalue weighted by atomic mass is 9.95. The molecule has 0 saturated carbocycles. The molecule has 0 fully saturated rings. The zero-order valence-corrected chi connectivity index (χ0v) is 9.78. The molecule has 0 aliphatic heterocycles. The first-order valence-corrected chi connectivity index (χ1v) is 6.09. The number of benzene rings is 1. The predicted octanol–water partition coefficient (Wildman–Crippen LogP) is 3.73. The lowest BCUT2D eigenvalue weighted by molar-refractivity contribution is -0.104. The Morgan fingerprint density at radius 1 is 1.44 bits per heavy atom. The summed E-state index contributed by atoms with van der Waals surface area (Å²) in [5.74, 6) is 0.740. The van der Waals surface area contributed by atoms with Crippen molar-refractivity contribution in [3.05, 3.63) is 41.0 Å². The quantitative estimate of drug-likeness (QED) is 0.551. The minimum absolute atomic E-state index is 0.740. The molecule has 0 bridgehead atoms. The lowest BCUT2D eigenvalue weighted by Gasteiger charge is -2.10. The Morgan fingerprint density at radius 3 is 3.06 bits per heavy atom. The summed E-state index contributed by atoms with van der Waals surface area (Å²) in [6.07, 6.45) is 9.32. The van der Waals surface area contributed by atoms with Crippen molar-refractivity contribution in [1.29, 1.82) is 0 Å². The minimum atomic E-state index is 0.740. The Bertz CT molecular complexity index is 402. The number of allylic oxidation sites excluding steroid dienone is 1. The van der Waals surface area contributed by atoms with Gasteiger partial charge in [0, 0.05) is 0 Å². The number of aldehydes is 1. The first-order chi connectivity index (χ1) is 7.85. The number of aryl methyl sites for hydroxylation is 1. The second-order valence-corrected chi connectivity index (χ2v) is 4.48. The summed E-state index contributed by atoms with van der Waals surface area (Å²) in [5, 5.41) is 0. The summed E-state index contributed by atoms with van der Waals surface area (Å²) in [6, 6.07) is 6.57. The molecule has 1 aromatic rings. The monoisotopic (exact) mass is 214 g/mol. The second-order valence-electron chi connectivity index (χ2n) is 4.48. The standard InChI is InChI=1S/C15H18O/c1-2-4-13-8-9-14-7-6-12(5-3-10-16)11-15(13)14/h3,5-7,10-11,13H,2,4,8-9H2,1H3. The van der Waals surface area contributed by atoms with Gasteiger partial charge in [-0.2, -0.15) is 0 Å². The van der Waals surface area contributed by atoms with E-state index in [4.69, 9.17) is 0 Å². The third-order valence-electron chi connectivity index (χ3n) is 3.38. The van der Waals surface area contributed by atoms with Crippen LogP contribution in [0.3, 0.4) is 0 Å². The van der Waals surface area contributed by atoms with Crippen molar-refractivity contribution in [1.82, 2.24) is 0 Å². The van der Waals surface area contributed by atoms with Gasteiger partial charge in [-0.1, -0.05) is 37.6 Å². The molecule has 1 unspecified atom stereocenters. The van der Waals surface area contributed by atoms with Crippen LogP contribution in [0.2, 0.25) is 0 Å². The minimum Gasteiger partial charge on any atom is -0.299 e. The molecule has 1 atom stereocenters. The molecule has 0 aromatic heterocycles. The average molecular weight is 214 g/mol. The smallest absolute Gasteiger partial charge is 0.142 e. The topological polar surface area (TPSA) is 17.1 Å². The summed E-state index contributed by atoms with van der Waals surface area (Å²) in [7, 11) is 0. The van der Waals surface area contributed by atoms with Crippen molar-refractivity contribution < 1.29 is 4.79 Å². The molecule has 2 rings (SSSR count). The van der Waals surface area contributed by atoms with Crippen molar-refractivity contribution in [2.75, 3.05) is 0 Å².